The molecule has 1 aliphatic rings. The van der Waals surface area contributed by atoms with E-state index in [-0.39, 0.29) is 30.1 Å². The Balaban J connectivity index is 2.02. The Morgan fingerprint density at radius 2 is 1.90 bits per heavy atom. The quantitative estimate of drug-likeness (QED) is 0.598. The normalized spacial score (nSPS) is 16.4. The molecule has 0 saturated carbocycles. The summed E-state index contributed by atoms with van der Waals surface area (Å²) in [5.74, 6) is 0.446. The highest BCUT2D eigenvalue weighted by Crippen LogP contribution is 2.39. The van der Waals surface area contributed by atoms with E-state index in [1.807, 2.05) is 26.0 Å². The SMILES string of the molecule is C=C(C)C(O)Cc1cc([C@@H]2CC(=O)c3ccc(O)cc3O2)cc(CC=C(C)C)c1O. The fraction of sp³-hybridized carbons (Fsp3) is 0.320. The van der Waals surface area contributed by atoms with Crippen molar-refractivity contribution in [3.05, 3.63) is 76.4 Å². The molecule has 2 aromatic rings. The van der Waals surface area contributed by atoms with Crippen molar-refractivity contribution in [2.24, 2.45) is 0 Å². The number of benzene rings is 2. The van der Waals surface area contributed by atoms with Crippen LogP contribution in [0.2, 0.25) is 0 Å². The van der Waals surface area contributed by atoms with E-state index in [4.69, 9.17) is 4.74 Å². The van der Waals surface area contributed by atoms with Crippen LogP contribution in [0.5, 0.6) is 17.2 Å². The number of rotatable bonds is 6. The molecule has 5 heteroatoms. The van der Waals surface area contributed by atoms with Crippen molar-refractivity contribution in [3.63, 3.8) is 0 Å². The summed E-state index contributed by atoms with van der Waals surface area (Å²) in [6.45, 7) is 9.49. The molecule has 0 aromatic heterocycles. The van der Waals surface area contributed by atoms with Crippen LogP contribution in [0, 0.1) is 0 Å². The summed E-state index contributed by atoms with van der Waals surface area (Å²) in [7, 11) is 0. The van der Waals surface area contributed by atoms with Crippen molar-refractivity contribution in [1.29, 1.82) is 0 Å². The number of carbonyl (C=O) groups is 1. The topological polar surface area (TPSA) is 87.0 Å². The minimum Gasteiger partial charge on any atom is -0.508 e. The second kappa shape index (κ2) is 8.76. The number of aliphatic hydroxyl groups is 1. The number of phenols is 2. The highest BCUT2D eigenvalue weighted by molar-refractivity contribution is 6.00. The van der Waals surface area contributed by atoms with Crippen LogP contribution in [0.15, 0.2) is 54.1 Å². The minimum absolute atomic E-state index is 0.0300. The van der Waals surface area contributed by atoms with E-state index in [0.29, 0.717) is 34.4 Å². The van der Waals surface area contributed by atoms with E-state index < -0.39 is 12.2 Å². The molecular formula is C25H28O5. The van der Waals surface area contributed by atoms with Gasteiger partial charge in [0.25, 0.3) is 0 Å². The summed E-state index contributed by atoms with van der Waals surface area (Å²) in [6, 6.07) is 8.09. The lowest BCUT2D eigenvalue weighted by atomic mass is 9.90. The lowest BCUT2D eigenvalue weighted by molar-refractivity contribution is 0.0849. The van der Waals surface area contributed by atoms with Gasteiger partial charge in [-0.15, -0.1) is 0 Å². The second-order valence-electron chi connectivity index (χ2n) is 8.15. The number of phenolic OH excluding ortho intramolecular Hbond substituents is 2. The summed E-state index contributed by atoms with van der Waals surface area (Å²) < 4.78 is 6.04. The number of carbonyl (C=O) groups excluding carboxylic acids is 1. The predicted molar refractivity (Wildman–Crippen MR) is 116 cm³/mol. The minimum atomic E-state index is -0.783. The first-order valence-electron chi connectivity index (χ1n) is 10.00. The number of hydrogen-bond acceptors (Lipinski definition) is 5. The zero-order valence-electron chi connectivity index (χ0n) is 17.6. The molecule has 5 nitrogen and oxygen atoms in total. The molecule has 0 spiro atoms. The Morgan fingerprint density at radius 1 is 1.20 bits per heavy atom. The summed E-state index contributed by atoms with van der Waals surface area (Å²) in [5, 5.41) is 30.8. The highest BCUT2D eigenvalue weighted by atomic mass is 16.5. The van der Waals surface area contributed by atoms with Gasteiger partial charge in [-0.2, -0.15) is 0 Å². The van der Waals surface area contributed by atoms with Crippen molar-refractivity contribution in [2.75, 3.05) is 0 Å². The average molecular weight is 408 g/mol. The highest BCUT2D eigenvalue weighted by Gasteiger charge is 2.29. The number of Topliss-reactive ketones (excluding diaryl/α,β-unsaturated/α-hetero) is 1. The molecule has 30 heavy (non-hydrogen) atoms. The van der Waals surface area contributed by atoms with Crippen molar-refractivity contribution in [3.8, 4) is 17.2 Å². The Hall–Kier alpha value is -3.05. The number of ether oxygens (including phenoxy) is 1. The van der Waals surface area contributed by atoms with Gasteiger partial charge in [0.2, 0.25) is 0 Å². The van der Waals surface area contributed by atoms with Crippen molar-refractivity contribution in [2.45, 2.75) is 52.2 Å². The summed E-state index contributed by atoms with van der Waals surface area (Å²) in [5.41, 5.74) is 4.21. The van der Waals surface area contributed by atoms with Crippen LogP contribution in [-0.4, -0.2) is 27.2 Å². The maximum absolute atomic E-state index is 12.6. The number of fused-ring (bicyclic) bond motifs is 1. The van der Waals surface area contributed by atoms with Gasteiger partial charge in [-0.25, -0.2) is 0 Å². The number of ketones is 1. The van der Waals surface area contributed by atoms with Crippen LogP contribution in [0.3, 0.4) is 0 Å². The molecule has 0 amide bonds. The predicted octanol–water partition coefficient (Wildman–Crippen LogP) is 4.79. The summed E-state index contributed by atoms with van der Waals surface area (Å²) >= 11 is 0. The largest absolute Gasteiger partial charge is 0.508 e. The third-order valence-corrected chi connectivity index (χ3v) is 5.28. The Labute approximate surface area is 177 Å². The van der Waals surface area contributed by atoms with E-state index >= 15 is 0 Å². The summed E-state index contributed by atoms with van der Waals surface area (Å²) in [6.07, 6.45) is 1.59. The van der Waals surface area contributed by atoms with E-state index in [1.165, 1.54) is 12.1 Å². The van der Waals surface area contributed by atoms with Crippen LogP contribution < -0.4 is 4.74 Å². The molecule has 1 aliphatic heterocycles. The molecule has 0 radical (unpaired) electrons. The molecule has 158 valence electrons. The number of aliphatic hydroxyl groups excluding tert-OH is 1. The molecule has 2 aromatic carbocycles. The molecule has 0 bridgehead atoms. The lowest BCUT2D eigenvalue weighted by Gasteiger charge is -2.27. The summed E-state index contributed by atoms with van der Waals surface area (Å²) in [4.78, 5) is 12.6. The van der Waals surface area contributed by atoms with Crippen LogP contribution in [0.1, 0.15) is 60.3 Å². The molecule has 1 unspecified atom stereocenters. The molecule has 0 aliphatic carbocycles. The first kappa shape index (κ1) is 21.7. The van der Waals surface area contributed by atoms with Crippen molar-refractivity contribution >= 4 is 5.78 Å². The Kier molecular flexibility index (Phi) is 6.32. The van der Waals surface area contributed by atoms with E-state index in [9.17, 15) is 20.1 Å². The van der Waals surface area contributed by atoms with Crippen LogP contribution in [-0.2, 0) is 12.8 Å². The van der Waals surface area contributed by atoms with Crippen LogP contribution in [0.4, 0.5) is 0 Å². The fourth-order valence-corrected chi connectivity index (χ4v) is 3.48. The number of hydrogen-bond donors (Lipinski definition) is 3. The smallest absolute Gasteiger partial charge is 0.170 e. The van der Waals surface area contributed by atoms with Crippen LogP contribution in [0.25, 0.3) is 0 Å². The fourth-order valence-electron chi connectivity index (χ4n) is 3.48. The molecule has 1 heterocycles. The molecule has 3 N–H and O–H groups in total. The Bertz CT molecular complexity index is 1010. The first-order chi connectivity index (χ1) is 14.2. The van der Waals surface area contributed by atoms with Gasteiger partial charge in [0, 0.05) is 12.5 Å². The lowest BCUT2D eigenvalue weighted by Crippen LogP contribution is -2.21. The van der Waals surface area contributed by atoms with Gasteiger partial charge in [-0.05, 0) is 68.1 Å². The number of aromatic hydroxyl groups is 2. The molecular weight excluding hydrogens is 380 g/mol. The second-order valence-corrected chi connectivity index (χ2v) is 8.15. The molecule has 3 rings (SSSR count). The van der Waals surface area contributed by atoms with Crippen molar-refractivity contribution < 1.29 is 24.9 Å². The standard InChI is InChI=1S/C25H28O5/c1-14(2)5-6-16-9-17(10-18(25(16)29)11-21(27)15(3)4)23-13-22(28)20-8-7-19(26)12-24(20)30-23/h5,7-10,12,21,23,26-27,29H,3,6,11,13H2,1-2,4H3/t21?,23-/m0/s1. The maximum Gasteiger partial charge on any atom is 0.170 e. The van der Waals surface area contributed by atoms with E-state index in [1.54, 1.807) is 19.1 Å². The van der Waals surface area contributed by atoms with Gasteiger partial charge < -0.3 is 20.1 Å². The first-order valence-corrected chi connectivity index (χ1v) is 10.00. The van der Waals surface area contributed by atoms with Crippen molar-refractivity contribution in [1.82, 2.24) is 0 Å². The van der Waals surface area contributed by atoms with Gasteiger partial charge in [-0.3, -0.25) is 4.79 Å². The number of allylic oxidation sites excluding steroid dienone is 2. The van der Waals surface area contributed by atoms with E-state index in [2.05, 4.69) is 6.58 Å². The third kappa shape index (κ3) is 4.74. The van der Waals surface area contributed by atoms with Crippen LogP contribution >= 0.6 is 0 Å². The zero-order valence-corrected chi connectivity index (χ0v) is 17.6. The molecule has 0 fully saturated rings. The van der Waals surface area contributed by atoms with Gasteiger partial charge in [-0.1, -0.05) is 23.8 Å². The van der Waals surface area contributed by atoms with E-state index in [0.717, 1.165) is 11.1 Å². The monoisotopic (exact) mass is 408 g/mol. The van der Waals surface area contributed by atoms with Gasteiger partial charge in [0.05, 0.1) is 18.1 Å². The molecule has 2 atom stereocenters. The maximum atomic E-state index is 12.6. The van der Waals surface area contributed by atoms with Gasteiger partial charge in [0.15, 0.2) is 5.78 Å². The molecule has 0 saturated heterocycles. The van der Waals surface area contributed by atoms with Gasteiger partial charge in [0.1, 0.15) is 23.4 Å². The average Bonchev–Trinajstić information content (AvgIpc) is 2.67. The zero-order chi connectivity index (χ0) is 22.0. The Morgan fingerprint density at radius 3 is 2.57 bits per heavy atom. The van der Waals surface area contributed by atoms with Gasteiger partial charge >= 0.3 is 0 Å². The third-order valence-electron chi connectivity index (χ3n) is 5.28.